The molecule has 0 aliphatic carbocycles. The lowest BCUT2D eigenvalue weighted by Gasteiger charge is -2.37. The normalized spacial score (nSPS) is 37.4. The third-order valence-corrected chi connectivity index (χ3v) is 9.21. The predicted molar refractivity (Wildman–Crippen MR) is 106 cm³/mol. The lowest BCUT2D eigenvalue weighted by Crippen LogP contribution is -2.47. The summed E-state index contributed by atoms with van der Waals surface area (Å²) in [5, 5.41) is 0. The maximum Gasteiger partial charge on any atom is 0.243 e. The number of rotatable bonds is 3. The second kappa shape index (κ2) is 6.62. The first-order chi connectivity index (χ1) is 13.8. The van der Waals surface area contributed by atoms with E-state index >= 15 is 0 Å². The van der Waals surface area contributed by atoms with Crippen molar-refractivity contribution in [2.24, 2.45) is 11.8 Å². The number of ether oxygens (including phenoxy) is 1. The Labute approximate surface area is 171 Å². The minimum absolute atomic E-state index is 0.0417. The number of sulfonamides is 1. The number of fused-ring (bicyclic) bond motifs is 5. The van der Waals surface area contributed by atoms with Gasteiger partial charge >= 0.3 is 0 Å². The molecule has 29 heavy (non-hydrogen) atoms. The Hall–Kier alpha value is -1.77. The average molecular weight is 419 g/mol. The second-order valence-corrected chi connectivity index (χ2v) is 10.7. The number of carbonyl (C=O) groups is 2. The Morgan fingerprint density at radius 1 is 0.862 bits per heavy atom. The van der Waals surface area contributed by atoms with Gasteiger partial charge in [-0.25, -0.2) is 13.3 Å². The van der Waals surface area contributed by atoms with E-state index in [-0.39, 0.29) is 52.8 Å². The van der Waals surface area contributed by atoms with E-state index in [0.29, 0.717) is 5.69 Å². The molecule has 156 valence electrons. The maximum atomic E-state index is 13.2. The largest absolute Gasteiger partial charge is 0.373 e. The minimum atomic E-state index is -3.63. The van der Waals surface area contributed by atoms with Crippen LogP contribution in [0.3, 0.4) is 0 Å². The van der Waals surface area contributed by atoms with E-state index in [1.165, 1.54) is 17.0 Å². The number of piperidine rings is 1. The zero-order valence-electron chi connectivity index (χ0n) is 16.7. The highest BCUT2D eigenvalue weighted by atomic mass is 32.2. The molecule has 8 heteroatoms. The van der Waals surface area contributed by atoms with Crippen LogP contribution in [0.1, 0.15) is 46.0 Å². The van der Waals surface area contributed by atoms with Gasteiger partial charge in [-0.15, -0.1) is 0 Å². The highest BCUT2D eigenvalue weighted by Gasteiger charge is 2.62. The van der Waals surface area contributed by atoms with E-state index in [4.69, 9.17) is 4.74 Å². The van der Waals surface area contributed by atoms with Crippen molar-refractivity contribution in [3.8, 4) is 0 Å². The SMILES string of the molecule is C[C@H]1CCC[C@H](C)N1S(=O)(=O)c1ccc(N2C(=O)[C@@H]3[C@H](C2=O)[C@@H]2CC[C@H]3O2)cc1. The number of imide groups is 1. The summed E-state index contributed by atoms with van der Waals surface area (Å²) < 4.78 is 33.7. The van der Waals surface area contributed by atoms with Crippen molar-refractivity contribution < 1.29 is 22.7 Å². The van der Waals surface area contributed by atoms with Crippen LogP contribution in [0.25, 0.3) is 0 Å². The molecule has 1 aromatic rings. The van der Waals surface area contributed by atoms with Crippen LogP contribution in [0.2, 0.25) is 0 Å². The van der Waals surface area contributed by atoms with Crippen molar-refractivity contribution in [2.45, 2.75) is 75.1 Å². The van der Waals surface area contributed by atoms with Gasteiger partial charge < -0.3 is 4.74 Å². The molecule has 4 aliphatic heterocycles. The monoisotopic (exact) mass is 418 g/mol. The zero-order chi connectivity index (χ0) is 20.5. The number of hydrogen-bond acceptors (Lipinski definition) is 5. The predicted octanol–water partition coefficient (Wildman–Crippen LogP) is 2.30. The van der Waals surface area contributed by atoms with Crippen molar-refractivity contribution in [3.05, 3.63) is 24.3 Å². The Kier molecular flexibility index (Phi) is 4.38. The van der Waals surface area contributed by atoms with Gasteiger partial charge in [0.05, 0.1) is 34.6 Å². The summed E-state index contributed by atoms with van der Waals surface area (Å²) in [6.07, 6.45) is 4.06. The fraction of sp³-hybridized carbons (Fsp3) is 0.619. The van der Waals surface area contributed by atoms with Crippen LogP contribution >= 0.6 is 0 Å². The first-order valence-corrected chi connectivity index (χ1v) is 11.9. The van der Waals surface area contributed by atoms with Crippen LogP contribution in [0.15, 0.2) is 29.2 Å². The number of benzene rings is 1. The molecule has 0 unspecified atom stereocenters. The summed E-state index contributed by atoms with van der Waals surface area (Å²) >= 11 is 0. The van der Waals surface area contributed by atoms with Crippen molar-refractivity contribution >= 4 is 27.5 Å². The molecule has 0 aromatic heterocycles. The van der Waals surface area contributed by atoms with E-state index in [0.717, 1.165) is 32.1 Å². The summed E-state index contributed by atoms with van der Waals surface area (Å²) in [4.78, 5) is 27.2. The molecule has 4 fully saturated rings. The highest BCUT2D eigenvalue weighted by Crippen LogP contribution is 2.49. The van der Waals surface area contributed by atoms with Crippen LogP contribution in [-0.4, -0.2) is 48.8 Å². The van der Waals surface area contributed by atoms with Crippen LogP contribution < -0.4 is 4.90 Å². The van der Waals surface area contributed by atoms with E-state index in [1.54, 1.807) is 16.4 Å². The van der Waals surface area contributed by atoms with E-state index < -0.39 is 10.0 Å². The standard InChI is InChI=1S/C21H26N2O5S/c1-12-4-3-5-13(2)23(12)29(26,27)15-8-6-14(7-9-15)22-20(24)18-16-10-11-17(28-16)19(18)21(22)25/h6-9,12-13,16-19H,3-5,10-11H2,1-2H3/t12-,13-,16-,17+,18+,19-/m0/s1. The van der Waals surface area contributed by atoms with E-state index in [2.05, 4.69) is 0 Å². The Morgan fingerprint density at radius 2 is 1.38 bits per heavy atom. The number of amides is 2. The molecule has 0 saturated carbocycles. The fourth-order valence-corrected chi connectivity index (χ4v) is 7.61. The first-order valence-electron chi connectivity index (χ1n) is 10.5. The molecular formula is C21H26N2O5S. The van der Waals surface area contributed by atoms with E-state index in [9.17, 15) is 18.0 Å². The molecule has 2 amide bonds. The zero-order valence-corrected chi connectivity index (χ0v) is 17.5. The van der Waals surface area contributed by atoms with Gasteiger partial charge in [-0.1, -0.05) is 6.42 Å². The molecule has 2 bridgehead atoms. The van der Waals surface area contributed by atoms with Crippen molar-refractivity contribution in [1.82, 2.24) is 4.31 Å². The van der Waals surface area contributed by atoms with Gasteiger partial charge in [-0.3, -0.25) is 9.59 Å². The molecule has 1 aromatic carbocycles. The second-order valence-electron chi connectivity index (χ2n) is 8.81. The topological polar surface area (TPSA) is 84.0 Å². The molecule has 4 heterocycles. The number of hydrogen-bond donors (Lipinski definition) is 0. The van der Waals surface area contributed by atoms with Crippen molar-refractivity contribution in [1.29, 1.82) is 0 Å². The lowest BCUT2D eigenvalue weighted by molar-refractivity contribution is -0.124. The van der Waals surface area contributed by atoms with Crippen LogP contribution in [0, 0.1) is 11.8 Å². The molecule has 0 spiro atoms. The van der Waals surface area contributed by atoms with E-state index in [1.807, 2.05) is 13.8 Å². The third-order valence-electron chi connectivity index (χ3n) is 7.07. The van der Waals surface area contributed by atoms with Crippen LogP contribution in [-0.2, 0) is 24.3 Å². The Balaban J connectivity index is 1.42. The molecule has 5 rings (SSSR count). The third kappa shape index (κ3) is 2.72. The number of carbonyl (C=O) groups excluding carboxylic acids is 2. The summed E-state index contributed by atoms with van der Waals surface area (Å²) in [5.74, 6) is -1.22. The van der Waals surface area contributed by atoms with Gasteiger partial charge in [-0.05, 0) is 63.8 Å². The summed E-state index contributed by atoms with van der Waals surface area (Å²) in [6.45, 7) is 3.89. The number of nitrogens with zero attached hydrogens (tertiary/aromatic N) is 2. The Bertz CT molecular complexity index is 922. The molecule has 0 N–H and O–H groups in total. The Morgan fingerprint density at radius 3 is 1.90 bits per heavy atom. The molecule has 4 aliphatic rings. The molecule has 6 atom stereocenters. The molecule has 4 saturated heterocycles. The van der Waals surface area contributed by atoms with Crippen molar-refractivity contribution in [2.75, 3.05) is 4.90 Å². The maximum absolute atomic E-state index is 13.2. The van der Waals surface area contributed by atoms with Gasteiger partial charge in [-0.2, -0.15) is 4.31 Å². The van der Waals surface area contributed by atoms with Gasteiger partial charge in [0.1, 0.15) is 0 Å². The molecule has 0 radical (unpaired) electrons. The smallest absolute Gasteiger partial charge is 0.243 e. The van der Waals surface area contributed by atoms with Gasteiger partial charge in [0.2, 0.25) is 21.8 Å². The first kappa shape index (κ1) is 19.2. The average Bonchev–Trinajstić information content (AvgIpc) is 3.35. The van der Waals surface area contributed by atoms with Crippen molar-refractivity contribution in [3.63, 3.8) is 0 Å². The lowest BCUT2D eigenvalue weighted by atomic mass is 9.81. The van der Waals surface area contributed by atoms with Gasteiger partial charge in [0, 0.05) is 12.1 Å². The highest BCUT2D eigenvalue weighted by molar-refractivity contribution is 7.89. The summed E-state index contributed by atoms with van der Waals surface area (Å²) in [6, 6.07) is 6.09. The molecular weight excluding hydrogens is 392 g/mol. The van der Waals surface area contributed by atoms with Crippen LogP contribution in [0.4, 0.5) is 5.69 Å². The van der Waals surface area contributed by atoms with Gasteiger partial charge in [0.25, 0.3) is 0 Å². The number of anilines is 1. The van der Waals surface area contributed by atoms with Crippen LogP contribution in [0.5, 0.6) is 0 Å². The summed E-state index contributed by atoms with van der Waals surface area (Å²) in [7, 11) is -3.63. The molecule has 7 nitrogen and oxygen atoms in total. The van der Waals surface area contributed by atoms with Gasteiger partial charge in [0.15, 0.2) is 0 Å². The quantitative estimate of drug-likeness (QED) is 0.704. The fourth-order valence-electron chi connectivity index (χ4n) is 5.73. The summed E-state index contributed by atoms with van der Waals surface area (Å²) in [5.41, 5.74) is 0.437. The minimum Gasteiger partial charge on any atom is -0.373 e.